The Hall–Kier alpha value is -2.20. The largest absolute Gasteiger partial charge is 0.324 e. The lowest BCUT2D eigenvalue weighted by Crippen LogP contribution is -2.12. The molecule has 1 amide bonds. The van der Waals surface area contributed by atoms with E-state index in [2.05, 4.69) is 10.3 Å². The van der Waals surface area contributed by atoms with Crippen molar-refractivity contribution in [2.75, 3.05) is 12.0 Å². The molecule has 120 valence electrons. The summed E-state index contributed by atoms with van der Waals surface area (Å²) in [6.07, 6.45) is 4.53. The monoisotopic (exact) mass is 332 g/mol. The minimum atomic E-state index is -1.04. The minimum absolute atomic E-state index is 0.544. The van der Waals surface area contributed by atoms with Gasteiger partial charge >= 0.3 is 0 Å². The first-order valence-electron chi connectivity index (χ1n) is 7.34. The molecule has 0 aliphatic rings. The van der Waals surface area contributed by atoms with Gasteiger partial charge in [-0.25, -0.2) is 4.39 Å². The number of pyridine rings is 1. The standard InChI is InChI=1S/C18H18ClFN2O/c1-3-5-17(19)16-9-14(11-21-12(16)2)13-6-4-7-15(8-13)22-18(23)10-20/h4-9,11H,3,10H2,1-2H3,(H,22,23)/b17-5+. The number of hydrogen-bond donors (Lipinski definition) is 1. The fourth-order valence-electron chi connectivity index (χ4n) is 2.19. The smallest absolute Gasteiger partial charge is 0.255 e. The summed E-state index contributed by atoms with van der Waals surface area (Å²) in [5, 5.41) is 3.17. The van der Waals surface area contributed by atoms with E-state index >= 15 is 0 Å². The van der Waals surface area contributed by atoms with E-state index in [-0.39, 0.29) is 0 Å². The van der Waals surface area contributed by atoms with Gasteiger partial charge in [-0.05, 0) is 37.1 Å². The summed E-state index contributed by atoms with van der Waals surface area (Å²) in [6.45, 7) is 2.88. The summed E-state index contributed by atoms with van der Waals surface area (Å²) in [5.41, 5.74) is 4.03. The van der Waals surface area contributed by atoms with E-state index in [1.807, 2.05) is 32.1 Å². The van der Waals surface area contributed by atoms with Crippen LogP contribution < -0.4 is 5.32 Å². The molecular weight excluding hydrogens is 315 g/mol. The summed E-state index contributed by atoms with van der Waals surface area (Å²) < 4.78 is 12.3. The molecule has 0 aliphatic carbocycles. The van der Waals surface area contributed by atoms with Crippen LogP contribution in [0.3, 0.4) is 0 Å². The lowest BCUT2D eigenvalue weighted by Gasteiger charge is -2.09. The molecule has 1 heterocycles. The third kappa shape index (κ3) is 4.39. The topological polar surface area (TPSA) is 42.0 Å². The maximum absolute atomic E-state index is 12.3. The molecule has 0 bridgehead atoms. The molecule has 0 aliphatic heterocycles. The molecule has 2 aromatic rings. The Balaban J connectivity index is 2.39. The number of aryl methyl sites for hydroxylation is 1. The van der Waals surface area contributed by atoms with Crippen LogP contribution in [-0.4, -0.2) is 17.6 Å². The highest BCUT2D eigenvalue weighted by atomic mass is 35.5. The molecule has 0 saturated heterocycles. The number of amides is 1. The lowest BCUT2D eigenvalue weighted by atomic mass is 10.0. The predicted molar refractivity (Wildman–Crippen MR) is 93.1 cm³/mol. The van der Waals surface area contributed by atoms with Gasteiger partial charge in [0.15, 0.2) is 6.67 Å². The minimum Gasteiger partial charge on any atom is -0.324 e. The normalized spacial score (nSPS) is 11.4. The zero-order chi connectivity index (χ0) is 16.8. The van der Waals surface area contributed by atoms with Gasteiger partial charge < -0.3 is 5.32 Å². The average Bonchev–Trinajstić information content (AvgIpc) is 2.55. The van der Waals surface area contributed by atoms with Crippen molar-refractivity contribution < 1.29 is 9.18 Å². The van der Waals surface area contributed by atoms with Crippen molar-refractivity contribution in [3.63, 3.8) is 0 Å². The van der Waals surface area contributed by atoms with Crippen LogP contribution in [-0.2, 0) is 4.79 Å². The molecule has 3 nitrogen and oxygen atoms in total. The maximum atomic E-state index is 12.3. The fraction of sp³-hybridized carbons (Fsp3) is 0.222. The van der Waals surface area contributed by atoms with Crippen molar-refractivity contribution in [2.45, 2.75) is 20.3 Å². The molecule has 1 N–H and O–H groups in total. The van der Waals surface area contributed by atoms with E-state index in [1.54, 1.807) is 24.4 Å². The van der Waals surface area contributed by atoms with E-state index in [4.69, 9.17) is 11.6 Å². The SMILES string of the molecule is CC/C=C(/Cl)c1cc(-c2cccc(NC(=O)CF)c2)cnc1C. The number of anilines is 1. The zero-order valence-electron chi connectivity index (χ0n) is 13.1. The van der Waals surface area contributed by atoms with E-state index < -0.39 is 12.6 Å². The summed E-state index contributed by atoms with van der Waals surface area (Å²) in [6, 6.07) is 9.16. The van der Waals surface area contributed by atoms with Crippen molar-refractivity contribution in [3.8, 4) is 11.1 Å². The van der Waals surface area contributed by atoms with Crippen LogP contribution >= 0.6 is 11.6 Å². The number of hydrogen-bond acceptors (Lipinski definition) is 2. The Morgan fingerprint density at radius 3 is 2.83 bits per heavy atom. The second-order valence-electron chi connectivity index (χ2n) is 5.08. The van der Waals surface area contributed by atoms with Crippen molar-refractivity contribution in [1.29, 1.82) is 0 Å². The van der Waals surface area contributed by atoms with E-state index in [0.29, 0.717) is 10.7 Å². The van der Waals surface area contributed by atoms with E-state index in [9.17, 15) is 9.18 Å². The molecule has 1 aromatic carbocycles. The molecule has 0 radical (unpaired) electrons. The highest BCUT2D eigenvalue weighted by molar-refractivity contribution is 6.48. The van der Waals surface area contributed by atoms with Crippen molar-refractivity contribution >= 4 is 28.2 Å². The first-order valence-corrected chi connectivity index (χ1v) is 7.72. The van der Waals surface area contributed by atoms with Crippen LogP contribution in [0.25, 0.3) is 16.2 Å². The Labute approximate surface area is 140 Å². The number of carbonyl (C=O) groups is 1. The number of nitrogens with one attached hydrogen (secondary N) is 1. The molecule has 0 saturated carbocycles. The highest BCUT2D eigenvalue weighted by Gasteiger charge is 2.08. The molecule has 0 fully saturated rings. The second-order valence-corrected chi connectivity index (χ2v) is 5.49. The lowest BCUT2D eigenvalue weighted by molar-refractivity contribution is -0.117. The first-order chi connectivity index (χ1) is 11.0. The Morgan fingerprint density at radius 1 is 1.35 bits per heavy atom. The zero-order valence-corrected chi connectivity index (χ0v) is 13.8. The fourth-order valence-corrected chi connectivity index (χ4v) is 2.54. The molecule has 0 atom stereocenters. The maximum Gasteiger partial charge on any atom is 0.255 e. The highest BCUT2D eigenvalue weighted by Crippen LogP contribution is 2.28. The van der Waals surface area contributed by atoms with Crippen molar-refractivity contribution in [3.05, 3.63) is 53.9 Å². The van der Waals surface area contributed by atoms with Gasteiger partial charge in [-0.2, -0.15) is 0 Å². The molecular formula is C18H18ClFN2O. The summed E-state index contributed by atoms with van der Waals surface area (Å²) in [4.78, 5) is 15.6. The van der Waals surface area contributed by atoms with Gasteiger partial charge in [0.05, 0.1) is 0 Å². The Kier molecular flexibility index (Phi) is 5.88. The summed E-state index contributed by atoms with van der Waals surface area (Å²) >= 11 is 6.31. The average molecular weight is 333 g/mol. The third-order valence-corrected chi connectivity index (χ3v) is 3.69. The predicted octanol–water partition coefficient (Wildman–Crippen LogP) is 4.95. The van der Waals surface area contributed by atoms with Crippen LogP contribution in [0.4, 0.5) is 10.1 Å². The van der Waals surface area contributed by atoms with Crippen LogP contribution in [0.2, 0.25) is 0 Å². The summed E-state index contributed by atoms with van der Waals surface area (Å²) in [7, 11) is 0. The van der Waals surface area contributed by atoms with Crippen molar-refractivity contribution in [2.24, 2.45) is 0 Å². The van der Waals surface area contributed by atoms with E-state index in [0.717, 1.165) is 28.8 Å². The number of aromatic nitrogens is 1. The number of rotatable bonds is 5. The molecule has 23 heavy (non-hydrogen) atoms. The van der Waals surface area contributed by atoms with Gasteiger partial charge in [0.2, 0.25) is 0 Å². The van der Waals surface area contributed by atoms with Crippen LogP contribution in [0.15, 0.2) is 42.6 Å². The quantitative estimate of drug-likeness (QED) is 0.841. The Bertz CT molecular complexity index is 744. The molecule has 0 unspecified atom stereocenters. The van der Waals surface area contributed by atoms with E-state index in [1.165, 1.54) is 0 Å². The second kappa shape index (κ2) is 7.88. The van der Waals surface area contributed by atoms with Crippen LogP contribution in [0.5, 0.6) is 0 Å². The number of carbonyl (C=O) groups excluding carboxylic acids is 1. The molecule has 1 aromatic heterocycles. The number of allylic oxidation sites excluding steroid dienone is 1. The third-order valence-electron chi connectivity index (χ3n) is 3.33. The molecule has 0 spiro atoms. The van der Waals surface area contributed by atoms with Gasteiger partial charge in [0, 0.05) is 33.7 Å². The van der Waals surface area contributed by atoms with Gasteiger partial charge in [-0.3, -0.25) is 9.78 Å². The number of alkyl halides is 1. The number of nitrogens with zero attached hydrogens (tertiary/aromatic N) is 1. The van der Waals surface area contributed by atoms with Gasteiger partial charge in [0.1, 0.15) is 0 Å². The van der Waals surface area contributed by atoms with Crippen LogP contribution in [0, 0.1) is 6.92 Å². The van der Waals surface area contributed by atoms with Crippen molar-refractivity contribution in [1.82, 2.24) is 4.98 Å². The molecule has 5 heteroatoms. The van der Waals surface area contributed by atoms with Crippen LogP contribution in [0.1, 0.15) is 24.6 Å². The number of benzene rings is 1. The summed E-state index contributed by atoms with van der Waals surface area (Å²) in [5.74, 6) is -0.668. The first kappa shape index (κ1) is 17.2. The van der Waals surface area contributed by atoms with Gasteiger partial charge in [-0.1, -0.05) is 36.7 Å². The Morgan fingerprint density at radius 2 is 2.13 bits per heavy atom. The van der Waals surface area contributed by atoms with Gasteiger partial charge in [0.25, 0.3) is 5.91 Å². The number of halogens is 2. The van der Waals surface area contributed by atoms with Gasteiger partial charge in [-0.15, -0.1) is 0 Å². The molecule has 2 rings (SSSR count).